The Bertz CT molecular complexity index is 597. The Morgan fingerprint density at radius 2 is 2.21 bits per heavy atom. The lowest BCUT2D eigenvalue weighted by atomic mass is 10.1. The quantitative estimate of drug-likeness (QED) is 0.619. The zero-order valence-corrected chi connectivity index (χ0v) is 9.85. The molecule has 0 unspecified atom stereocenters. The normalized spacial score (nSPS) is 36.7. The van der Waals surface area contributed by atoms with Crippen molar-refractivity contribution in [3.05, 3.63) is 22.7 Å². The molecule has 0 aliphatic carbocycles. The molecule has 0 bridgehead atoms. The van der Waals surface area contributed by atoms with Crippen LogP contribution in [-0.2, 0) is 14.2 Å². The van der Waals surface area contributed by atoms with Crippen LogP contribution in [0.5, 0.6) is 0 Å². The number of aromatic nitrogens is 2. The van der Waals surface area contributed by atoms with E-state index in [2.05, 4.69) is 4.98 Å². The van der Waals surface area contributed by atoms with Gasteiger partial charge in [-0.1, -0.05) is 0 Å². The fourth-order valence-corrected chi connectivity index (χ4v) is 2.21. The topological polar surface area (TPSA) is 126 Å². The second kappa shape index (κ2) is 3.68. The summed E-state index contributed by atoms with van der Waals surface area (Å²) in [5.74, 6) is -1.69. The number of anilines is 1. The summed E-state index contributed by atoms with van der Waals surface area (Å²) in [6, 6.07) is 1.39. The molecule has 4 atom stereocenters. The predicted octanol–water partition coefficient (Wildman–Crippen LogP) is -1.03. The Labute approximate surface area is 106 Å². The summed E-state index contributed by atoms with van der Waals surface area (Å²) in [7, 11) is 0. The fourth-order valence-electron chi connectivity index (χ4n) is 2.21. The number of carbonyl (C=O) groups excluding carboxylic acids is 1. The van der Waals surface area contributed by atoms with Crippen LogP contribution < -0.4 is 11.4 Å². The fraction of sp³-hybridized carbons (Fsp3) is 0.500. The summed E-state index contributed by atoms with van der Waals surface area (Å²) < 4.78 is 16.1. The van der Waals surface area contributed by atoms with Crippen molar-refractivity contribution in [1.29, 1.82) is 0 Å². The molecule has 102 valence electrons. The van der Waals surface area contributed by atoms with Gasteiger partial charge in [0.15, 0.2) is 18.4 Å². The van der Waals surface area contributed by atoms with Crippen molar-refractivity contribution in [3.63, 3.8) is 0 Å². The van der Waals surface area contributed by atoms with E-state index in [0.29, 0.717) is 0 Å². The van der Waals surface area contributed by atoms with Gasteiger partial charge in [0.2, 0.25) is 5.79 Å². The third-order valence-electron chi connectivity index (χ3n) is 3.05. The molecule has 9 heteroatoms. The Morgan fingerprint density at radius 3 is 2.89 bits per heavy atom. The van der Waals surface area contributed by atoms with Gasteiger partial charge in [0.25, 0.3) is 0 Å². The molecule has 3 heterocycles. The van der Waals surface area contributed by atoms with Crippen molar-refractivity contribution in [2.24, 2.45) is 0 Å². The van der Waals surface area contributed by atoms with Crippen LogP contribution in [0.15, 0.2) is 17.1 Å². The summed E-state index contributed by atoms with van der Waals surface area (Å²) in [6.07, 6.45) is -2.52. The number of nitrogens with zero attached hydrogens (tertiary/aromatic N) is 2. The van der Waals surface area contributed by atoms with Gasteiger partial charge in [-0.15, -0.1) is 0 Å². The molecule has 9 nitrogen and oxygen atoms in total. The molecule has 2 aliphatic heterocycles. The van der Waals surface area contributed by atoms with Gasteiger partial charge < -0.3 is 25.1 Å². The SMILES string of the molecule is C[C@]1(O)O[C@@H](n2ccc(N)nc2=O)[C@@H]2OC(=O)O[C@@H]21. The maximum absolute atomic E-state index is 11.7. The zero-order chi connectivity index (χ0) is 13.8. The van der Waals surface area contributed by atoms with Gasteiger partial charge in [-0.25, -0.2) is 9.59 Å². The average molecular weight is 269 g/mol. The highest BCUT2D eigenvalue weighted by Gasteiger charge is 2.61. The molecule has 3 N–H and O–H groups in total. The minimum Gasteiger partial charge on any atom is -0.422 e. The van der Waals surface area contributed by atoms with E-state index in [1.54, 1.807) is 0 Å². The van der Waals surface area contributed by atoms with Gasteiger partial charge in [-0.2, -0.15) is 4.98 Å². The summed E-state index contributed by atoms with van der Waals surface area (Å²) >= 11 is 0. The first-order valence-corrected chi connectivity index (χ1v) is 5.50. The average Bonchev–Trinajstić information content (AvgIpc) is 2.78. The molecule has 0 amide bonds. The van der Waals surface area contributed by atoms with E-state index in [1.165, 1.54) is 19.2 Å². The second-order valence-corrected chi connectivity index (χ2v) is 4.48. The molecule has 1 aromatic heterocycles. The second-order valence-electron chi connectivity index (χ2n) is 4.48. The van der Waals surface area contributed by atoms with E-state index in [9.17, 15) is 14.7 Å². The Kier molecular flexibility index (Phi) is 2.31. The van der Waals surface area contributed by atoms with Crippen molar-refractivity contribution in [3.8, 4) is 0 Å². The molecule has 3 rings (SSSR count). The number of hydrogen-bond acceptors (Lipinski definition) is 8. The Balaban J connectivity index is 2.02. The van der Waals surface area contributed by atoms with Gasteiger partial charge >= 0.3 is 11.8 Å². The number of carbonyl (C=O) groups is 1. The van der Waals surface area contributed by atoms with Crippen molar-refractivity contribution >= 4 is 12.0 Å². The number of ether oxygens (including phenoxy) is 3. The summed E-state index contributed by atoms with van der Waals surface area (Å²) in [6.45, 7) is 1.32. The molecule has 2 fully saturated rings. The summed E-state index contributed by atoms with van der Waals surface area (Å²) in [4.78, 5) is 26.4. The molecular weight excluding hydrogens is 258 g/mol. The zero-order valence-electron chi connectivity index (χ0n) is 9.85. The number of aliphatic hydroxyl groups is 1. The molecule has 0 spiro atoms. The van der Waals surface area contributed by atoms with E-state index >= 15 is 0 Å². The third kappa shape index (κ3) is 1.74. The maximum atomic E-state index is 11.7. The standard InChI is InChI=1S/C10H11N3O6/c1-10(16)6-5(17-9(15)18-6)7(19-10)13-3-2-4(11)12-8(13)14/h2-3,5-7,16H,1H3,(H2,11,12,14)/t5-,6+,7-,10+/m1/s1. The van der Waals surface area contributed by atoms with E-state index in [0.717, 1.165) is 4.57 Å². The van der Waals surface area contributed by atoms with E-state index in [4.69, 9.17) is 19.9 Å². The minimum absolute atomic E-state index is 0.0576. The van der Waals surface area contributed by atoms with Crippen molar-refractivity contribution in [2.45, 2.75) is 31.1 Å². The van der Waals surface area contributed by atoms with E-state index in [1.807, 2.05) is 0 Å². The van der Waals surface area contributed by atoms with Crippen molar-refractivity contribution in [2.75, 3.05) is 5.73 Å². The largest absolute Gasteiger partial charge is 0.509 e. The lowest BCUT2D eigenvalue weighted by Crippen LogP contribution is -2.39. The third-order valence-corrected chi connectivity index (χ3v) is 3.05. The Hall–Kier alpha value is -2.13. The van der Waals surface area contributed by atoms with Crippen LogP contribution in [-0.4, -0.2) is 38.8 Å². The number of fused-ring (bicyclic) bond motifs is 1. The molecule has 2 aliphatic rings. The van der Waals surface area contributed by atoms with Crippen LogP contribution in [0.2, 0.25) is 0 Å². The van der Waals surface area contributed by atoms with Gasteiger partial charge in [-0.05, 0) is 13.0 Å². The molecule has 0 saturated carbocycles. The van der Waals surface area contributed by atoms with E-state index in [-0.39, 0.29) is 5.82 Å². The number of rotatable bonds is 1. The predicted molar refractivity (Wildman–Crippen MR) is 58.8 cm³/mol. The van der Waals surface area contributed by atoms with Gasteiger partial charge in [-0.3, -0.25) is 4.57 Å². The van der Waals surface area contributed by atoms with Gasteiger partial charge in [0, 0.05) is 6.20 Å². The van der Waals surface area contributed by atoms with Crippen LogP contribution in [0.25, 0.3) is 0 Å². The summed E-state index contributed by atoms with van der Waals surface area (Å²) in [5.41, 5.74) is 4.71. The van der Waals surface area contributed by atoms with Crippen LogP contribution in [0.1, 0.15) is 13.2 Å². The molecule has 19 heavy (non-hydrogen) atoms. The molecular formula is C10H11N3O6. The van der Waals surface area contributed by atoms with E-state index < -0.39 is 36.1 Å². The number of nitrogens with two attached hydrogens (primary N) is 1. The first-order valence-electron chi connectivity index (χ1n) is 5.50. The van der Waals surface area contributed by atoms with Crippen molar-refractivity contribution < 1.29 is 24.1 Å². The lowest BCUT2D eigenvalue weighted by Gasteiger charge is -2.21. The first-order chi connectivity index (χ1) is 8.88. The number of hydrogen-bond donors (Lipinski definition) is 2. The first kappa shape index (κ1) is 11.9. The molecule has 0 radical (unpaired) electrons. The monoisotopic (exact) mass is 269 g/mol. The van der Waals surface area contributed by atoms with Crippen LogP contribution >= 0.6 is 0 Å². The van der Waals surface area contributed by atoms with Crippen molar-refractivity contribution in [1.82, 2.24) is 9.55 Å². The van der Waals surface area contributed by atoms with Gasteiger partial charge in [0.1, 0.15) is 5.82 Å². The smallest absolute Gasteiger partial charge is 0.422 e. The highest BCUT2D eigenvalue weighted by molar-refractivity contribution is 5.63. The van der Waals surface area contributed by atoms with Crippen LogP contribution in [0.3, 0.4) is 0 Å². The maximum Gasteiger partial charge on any atom is 0.509 e. The number of nitrogen functional groups attached to an aromatic ring is 1. The molecule has 0 aromatic carbocycles. The minimum atomic E-state index is -1.75. The molecule has 1 aromatic rings. The molecule has 2 saturated heterocycles. The van der Waals surface area contributed by atoms with Crippen LogP contribution in [0.4, 0.5) is 10.6 Å². The lowest BCUT2D eigenvalue weighted by molar-refractivity contribution is -0.227. The summed E-state index contributed by atoms with van der Waals surface area (Å²) in [5, 5.41) is 10.0. The van der Waals surface area contributed by atoms with Gasteiger partial charge in [0.05, 0.1) is 0 Å². The highest BCUT2D eigenvalue weighted by Crippen LogP contribution is 2.41. The Morgan fingerprint density at radius 1 is 1.47 bits per heavy atom. The van der Waals surface area contributed by atoms with Crippen LogP contribution in [0, 0.1) is 0 Å². The highest BCUT2D eigenvalue weighted by atomic mass is 16.8.